The molecular formula is C25H29N5O4S. The smallest absolute Gasteiger partial charge is 0.269 e. The molecule has 0 radical (unpaired) electrons. The highest BCUT2D eigenvalue weighted by molar-refractivity contribution is 7.89. The predicted octanol–water partition coefficient (Wildman–Crippen LogP) is 3.75. The Morgan fingerprint density at radius 1 is 0.971 bits per heavy atom. The van der Waals surface area contributed by atoms with Crippen LogP contribution in [0.15, 0.2) is 59.5 Å². The van der Waals surface area contributed by atoms with Crippen LogP contribution in [0.1, 0.15) is 36.0 Å². The minimum Gasteiger partial charge on any atom is -0.355 e. The number of nitro benzene ring substituents is 1. The van der Waals surface area contributed by atoms with Gasteiger partial charge in [0.15, 0.2) is 0 Å². The molecule has 0 atom stereocenters. The molecule has 10 heteroatoms. The topological polar surface area (TPSA) is 110 Å². The zero-order valence-electron chi connectivity index (χ0n) is 19.9. The van der Waals surface area contributed by atoms with E-state index in [4.69, 9.17) is 4.98 Å². The lowest BCUT2D eigenvalue weighted by Gasteiger charge is -2.26. The molecule has 9 nitrogen and oxygen atoms in total. The van der Waals surface area contributed by atoms with E-state index in [1.807, 2.05) is 25.1 Å². The summed E-state index contributed by atoms with van der Waals surface area (Å²) >= 11 is 0. The Labute approximate surface area is 205 Å². The number of non-ortho nitro benzene ring substituents is 1. The van der Waals surface area contributed by atoms with E-state index in [0.717, 1.165) is 23.5 Å². The van der Waals surface area contributed by atoms with Crippen molar-refractivity contribution >= 4 is 21.5 Å². The standard InChI is InChI=1S/C25H29N5O4S/c1-3-24-23(18-20-8-5-4-6-9-20)25(27-19(2)26-24)28-14-7-15-29(17-16-28)35(33,34)22-12-10-21(11-13-22)30(31)32/h4-6,8-13H,3,7,14-18H2,1-2H3. The highest BCUT2D eigenvalue weighted by Crippen LogP contribution is 2.27. The molecule has 0 N–H and O–H groups in total. The van der Waals surface area contributed by atoms with Crippen molar-refractivity contribution in [2.24, 2.45) is 0 Å². The second-order valence-electron chi connectivity index (χ2n) is 8.53. The van der Waals surface area contributed by atoms with E-state index >= 15 is 0 Å². The van der Waals surface area contributed by atoms with E-state index in [1.165, 1.54) is 34.1 Å². The largest absolute Gasteiger partial charge is 0.355 e. The number of sulfonamides is 1. The Bertz CT molecular complexity index is 1300. The summed E-state index contributed by atoms with van der Waals surface area (Å²) in [6.45, 7) is 5.81. The van der Waals surface area contributed by atoms with Crippen molar-refractivity contribution in [3.63, 3.8) is 0 Å². The summed E-state index contributed by atoms with van der Waals surface area (Å²) in [7, 11) is -3.76. The maximum absolute atomic E-state index is 13.2. The lowest BCUT2D eigenvalue weighted by Crippen LogP contribution is -2.35. The van der Waals surface area contributed by atoms with E-state index < -0.39 is 14.9 Å². The van der Waals surface area contributed by atoms with Gasteiger partial charge in [-0.15, -0.1) is 0 Å². The quantitative estimate of drug-likeness (QED) is 0.363. The van der Waals surface area contributed by atoms with Gasteiger partial charge in [-0.3, -0.25) is 10.1 Å². The average Bonchev–Trinajstić information content (AvgIpc) is 3.12. The first-order chi connectivity index (χ1) is 16.8. The molecule has 3 aromatic rings. The minimum absolute atomic E-state index is 0.0625. The summed E-state index contributed by atoms with van der Waals surface area (Å²) in [5, 5.41) is 10.9. The van der Waals surface area contributed by atoms with Crippen LogP contribution in [0.25, 0.3) is 0 Å². The van der Waals surface area contributed by atoms with Crippen LogP contribution in [0.4, 0.5) is 11.5 Å². The molecule has 35 heavy (non-hydrogen) atoms. The second kappa shape index (κ2) is 10.5. The third-order valence-corrected chi connectivity index (χ3v) is 8.09. The van der Waals surface area contributed by atoms with Crippen LogP contribution in [0, 0.1) is 17.0 Å². The molecule has 0 amide bonds. The van der Waals surface area contributed by atoms with Crippen LogP contribution < -0.4 is 4.90 Å². The van der Waals surface area contributed by atoms with Gasteiger partial charge in [0.05, 0.1) is 9.82 Å². The van der Waals surface area contributed by atoms with E-state index in [2.05, 4.69) is 28.9 Å². The van der Waals surface area contributed by atoms with Crippen molar-refractivity contribution in [2.75, 3.05) is 31.1 Å². The number of hydrogen-bond acceptors (Lipinski definition) is 7. The van der Waals surface area contributed by atoms with E-state index in [-0.39, 0.29) is 10.6 Å². The van der Waals surface area contributed by atoms with Crippen molar-refractivity contribution in [1.82, 2.24) is 14.3 Å². The van der Waals surface area contributed by atoms with Crippen LogP contribution >= 0.6 is 0 Å². The molecular weight excluding hydrogens is 466 g/mol. The molecule has 2 aromatic carbocycles. The van der Waals surface area contributed by atoms with Gasteiger partial charge >= 0.3 is 0 Å². The first kappa shape index (κ1) is 24.7. The minimum atomic E-state index is -3.76. The number of nitro groups is 1. The van der Waals surface area contributed by atoms with Crippen LogP contribution in [-0.4, -0.2) is 53.8 Å². The van der Waals surface area contributed by atoms with Crippen LogP contribution in [0.5, 0.6) is 0 Å². The number of benzene rings is 2. The number of anilines is 1. The molecule has 1 fully saturated rings. The molecule has 1 saturated heterocycles. The van der Waals surface area contributed by atoms with Crippen molar-refractivity contribution in [3.05, 3.63) is 87.4 Å². The molecule has 0 bridgehead atoms. The third kappa shape index (κ3) is 5.49. The van der Waals surface area contributed by atoms with Crippen LogP contribution in [0.2, 0.25) is 0 Å². The van der Waals surface area contributed by atoms with Crippen molar-refractivity contribution in [2.45, 2.75) is 38.0 Å². The van der Waals surface area contributed by atoms with E-state index in [0.29, 0.717) is 44.8 Å². The summed E-state index contributed by atoms with van der Waals surface area (Å²) in [6.07, 6.45) is 2.13. The molecule has 1 aromatic heterocycles. The Hall–Kier alpha value is -3.37. The van der Waals surface area contributed by atoms with Gasteiger partial charge in [-0.1, -0.05) is 37.3 Å². The van der Waals surface area contributed by atoms with Crippen molar-refractivity contribution < 1.29 is 13.3 Å². The Morgan fingerprint density at radius 2 is 1.69 bits per heavy atom. The summed E-state index contributed by atoms with van der Waals surface area (Å²) < 4.78 is 27.9. The van der Waals surface area contributed by atoms with E-state index in [1.54, 1.807) is 0 Å². The fourth-order valence-electron chi connectivity index (χ4n) is 4.41. The normalized spacial score (nSPS) is 15.1. The Balaban J connectivity index is 1.59. The van der Waals surface area contributed by atoms with Gasteiger partial charge in [0, 0.05) is 56.0 Å². The molecule has 2 heterocycles. The number of aromatic nitrogens is 2. The molecule has 4 rings (SSSR count). The third-order valence-electron chi connectivity index (χ3n) is 6.18. The molecule has 0 aliphatic carbocycles. The molecule has 1 aliphatic rings. The van der Waals surface area contributed by atoms with Crippen LogP contribution in [0.3, 0.4) is 0 Å². The second-order valence-corrected chi connectivity index (χ2v) is 10.5. The summed E-state index contributed by atoms with van der Waals surface area (Å²) in [5.74, 6) is 1.57. The number of rotatable bonds is 7. The maximum Gasteiger partial charge on any atom is 0.269 e. The van der Waals surface area contributed by atoms with Gasteiger partial charge in [-0.2, -0.15) is 4.31 Å². The van der Waals surface area contributed by atoms with Gasteiger partial charge in [0.1, 0.15) is 11.6 Å². The highest BCUT2D eigenvalue weighted by Gasteiger charge is 2.29. The predicted molar refractivity (Wildman–Crippen MR) is 134 cm³/mol. The maximum atomic E-state index is 13.2. The fraction of sp³-hybridized carbons (Fsp3) is 0.360. The molecule has 0 spiro atoms. The summed E-state index contributed by atoms with van der Waals surface area (Å²) in [5.41, 5.74) is 3.13. The summed E-state index contributed by atoms with van der Waals surface area (Å²) in [6, 6.07) is 15.3. The Morgan fingerprint density at radius 3 is 2.34 bits per heavy atom. The van der Waals surface area contributed by atoms with Gasteiger partial charge < -0.3 is 4.90 Å². The molecule has 0 unspecified atom stereocenters. The first-order valence-corrected chi connectivity index (χ1v) is 13.1. The average molecular weight is 496 g/mol. The monoisotopic (exact) mass is 495 g/mol. The van der Waals surface area contributed by atoms with Crippen molar-refractivity contribution in [1.29, 1.82) is 0 Å². The fourth-order valence-corrected chi connectivity index (χ4v) is 5.88. The van der Waals surface area contributed by atoms with Gasteiger partial charge in [-0.25, -0.2) is 18.4 Å². The van der Waals surface area contributed by atoms with Gasteiger partial charge in [0.2, 0.25) is 10.0 Å². The number of hydrogen-bond donors (Lipinski definition) is 0. The van der Waals surface area contributed by atoms with Gasteiger partial charge in [-0.05, 0) is 37.5 Å². The number of nitrogens with zero attached hydrogens (tertiary/aromatic N) is 5. The summed E-state index contributed by atoms with van der Waals surface area (Å²) in [4.78, 5) is 22.1. The first-order valence-electron chi connectivity index (χ1n) is 11.7. The zero-order chi connectivity index (χ0) is 25.0. The lowest BCUT2D eigenvalue weighted by molar-refractivity contribution is -0.384. The molecule has 0 saturated carbocycles. The SMILES string of the molecule is CCc1nc(C)nc(N2CCCN(S(=O)(=O)c3ccc([N+](=O)[O-])cc3)CC2)c1Cc1ccccc1. The number of aryl methyl sites for hydroxylation is 2. The zero-order valence-corrected chi connectivity index (χ0v) is 20.7. The van der Waals surface area contributed by atoms with E-state index in [9.17, 15) is 18.5 Å². The highest BCUT2D eigenvalue weighted by atomic mass is 32.2. The molecule has 1 aliphatic heterocycles. The lowest BCUT2D eigenvalue weighted by atomic mass is 10.0. The molecule has 184 valence electrons. The van der Waals surface area contributed by atoms with Crippen molar-refractivity contribution in [3.8, 4) is 0 Å². The van der Waals surface area contributed by atoms with Gasteiger partial charge in [0.25, 0.3) is 5.69 Å². The van der Waals surface area contributed by atoms with Crippen LogP contribution in [-0.2, 0) is 22.9 Å². The Kier molecular flexibility index (Phi) is 7.42.